The minimum Gasteiger partial charge on any atom is -0.335 e. The van der Waals surface area contributed by atoms with Gasteiger partial charge in [0.1, 0.15) is 0 Å². The summed E-state index contributed by atoms with van der Waals surface area (Å²) in [6, 6.07) is 2.63. The van der Waals surface area contributed by atoms with E-state index >= 15 is 0 Å². The van der Waals surface area contributed by atoms with Crippen molar-refractivity contribution in [3.05, 3.63) is 22.4 Å². The fourth-order valence-electron chi connectivity index (χ4n) is 2.30. The van der Waals surface area contributed by atoms with Crippen LogP contribution in [-0.4, -0.2) is 23.4 Å². The van der Waals surface area contributed by atoms with Crippen LogP contribution in [0.2, 0.25) is 0 Å². The fourth-order valence-corrected chi connectivity index (χ4v) is 2.96. The van der Waals surface area contributed by atoms with Crippen LogP contribution in [0.1, 0.15) is 50.5 Å². The highest BCUT2D eigenvalue weighted by atomic mass is 32.1. The van der Waals surface area contributed by atoms with E-state index in [1.807, 2.05) is 0 Å². The van der Waals surface area contributed by atoms with E-state index < -0.39 is 0 Å². The lowest BCUT2D eigenvalue weighted by Crippen LogP contribution is -2.32. The Bertz CT molecular complexity index is 374. The number of nitrogens with two attached hydrogens (primary N) is 1. The van der Waals surface area contributed by atoms with Crippen molar-refractivity contribution < 1.29 is 4.79 Å². The van der Waals surface area contributed by atoms with Crippen LogP contribution in [-0.2, 0) is 11.3 Å². The standard InChI is InChI=1S/C15H24N2OS/c16-9-4-2-1-3-5-15(18)17(14-6-7-14)11-13-8-10-19-12-13/h8,10,12,14H,1-7,9,11,16H2. The van der Waals surface area contributed by atoms with Gasteiger partial charge >= 0.3 is 0 Å². The average molecular weight is 280 g/mol. The topological polar surface area (TPSA) is 46.3 Å². The normalized spacial score (nSPS) is 14.6. The molecule has 3 nitrogen and oxygen atoms in total. The number of hydrogen-bond donors (Lipinski definition) is 1. The number of carbonyl (C=O) groups is 1. The summed E-state index contributed by atoms with van der Waals surface area (Å²) in [6.07, 6.45) is 7.43. The molecule has 0 saturated heterocycles. The van der Waals surface area contributed by atoms with Gasteiger partial charge in [-0.3, -0.25) is 4.79 Å². The van der Waals surface area contributed by atoms with Crippen LogP contribution in [0.3, 0.4) is 0 Å². The quantitative estimate of drug-likeness (QED) is 0.706. The minimum absolute atomic E-state index is 0.335. The first-order chi connectivity index (χ1) is 9.31. The Hall–Kier alpha value is -0.870. The first-order valence-corrected chi connectivity index (χ1v) is 8.26. The van der Waals surface area contributed by atoms with Crippen LogP contribution in [0.15, 0.2) is 16.8 Å². The fraction of sp³-hybridized carbons (Fsp3) is 0.667. The van der Waals surface area contributed by atoms with Gasteiger partial charge in [-0.05, 0) is 54.6 Å². The Morgan fingerprint density at radius 3 is 2.74 bits per heavy atom. The van der Waals surface area contributed by atoms with Crippen LogP contribution < -0.4 is 5.73 Å². The van der Waals surface area contributed by atoms with Crippen molar-refractivity contribution in [2.75, 3.05) is 6.54 Å². The van der Waals surface area contributed by atoms with Crippen molar-refractivity contribution in [1.82, 2.24) is 4.90 Å². The zero-order valence-corrected chi connectivity index (χ0v) is 12.3. The number of carbonyl (C=O) groups excluding carboxylic acids is 1. The third-order valence-corrected chi connectivity index (χ3v) is 4.32. The lowest BCUT2D eigenvalue weighted by atomic mass is 10.1. The van der Waals surface area contributed by atoms with Gasteiger partial charge in [0, 0.05) is 19.0 Å². The van der Waals surface area contributed by atoms with E-state index in [1.165, 1.54) is 18.4 Å². The van der Waals surface area contributed by atoms with E-state index in [4.69, 9.17) is 5.73 Å². The van der Waals surface area contributed by atoms with Gasteiger partial charge in [0.25, 0.3) is 0 Å². The lowest BCUT2D eigenvalue weighted by molar-refractivity contribution is -0.132. The Morgan fingerprint density at radius 1 is 1.32 bits per heavy atom. The second kappa shape index (κ2) is 7.65. The molecule has 1 aromatic heterocycles. The van der Waals surface area contributed by atoms with E-state index in [-0.39, 0.29) is 0 Å². The minimum atomic E-state index is 0.335. The number of unbranched alkanes of at least 4 members (excludes halogenated alkanes) is 3. The number of hydrogen-bond acceptors (Lipinski definition) is 3. The van der Waals surface area contributed by atoms with Crippen LogP contribution in [0.25, 0.3) is 0 Å². The van der Waals surface area contributed by atoms with Crippen molar-refractivity contribution >= 4 is 17.2 Å². The molecule has 1 aromatic rings. The molecule has 2 N–H and O–H groups in total. The smallest absolute Gasteiger partial charge is 0.223 e. The summed E-state index contributed by atoms with van der Waals surface area (Å²) < 4.78 is 0. The molecule has 0 spiro atoms. The zero-order chi connectivity index (χ0) is 13.5. The molecule has 2 rings (SSSR count). The van der Waals surface area contributed by atoms with Gasteiger partial charge in [-0.1, -0.05) is 12.8 Å². The highest BCUT2D eigenvalue weighted by Gasteiger charge is 2.32. The van der Waals surface area contributed by atoms with Crippen molar-refractivity contribution in [3.8, 4) is 0 Å². The molecule has 0 bridgehead atoms. The van der Waals surface area contributed by atoms with Crippen molar-refractivity contribution in [2.24, 2.45) is 5.73 Å². The van der Waals surface area contributed by atoms with Gasteiger partial charge in [0.05, 0.1) is 0 Å². The summed E-state index contributed by atoms with van der Waals surface area (Å²) in [4.78, 5) is 14.4. The third kappa shape index (κ3) is 4.96. The number of thiophene rings is 1. The lowest BCUT2D eigenvalue weighted by Gasteiger charge is -2.22. The molecule has 0 radical (unpaired) electrons. The summed E-state index contributed by atoms with van der Waals surface area (Å²) in [5, 5.41) is 4.22. The van der Waals surface area contributed by atoms with Crippen molar-refractivity contribution in [1.29, 1.82) is 0 Å². The molecule has 0 atom stereocenters. The maximum atomic E-state index is 12.3. The summed E-state index contributed by atoms with van der Waals surface area (Å²) in [5.74, 6) is 0.335. The monoisotopic (exact) mass is 280 g/mol. The maximum absolute atomic E-state index is 12.3. The maximum Gasteiger partial charge on any atom is 0.223 e. The number of rotatable bonds is 9. The van der Waals surface area contributed by atoms with Crippen molar-refractivity contribution in [3.63, 3.8) is 0 Å². The number of nitrogens with zero attached hydrogens (tertiary/aromatic N) is 1. The van der Waals surface area contributed by atoms with E-state index in [2.05, 4.69) is 21.7 Å². The predicted molar refractivity (Wildman–Crippen MR) is 80.0 cm³/mol. The molecule has 1 saturated carbocycles. The molecule has 4 heteroatoms. The first-order valence-electron chi connectivity index (χ1n) is 7.32. The number of amides is 1. The second-order valence-corrected chi connectivity index (χ2v) is 6.12. The van der Waals surface area contributed by atoms with Crippen molar-refractivity contribution in [2.45, 2.75) is 57.5 Å². The SMILES string of the molecule is NCCCCCCC(=O)N(Cc1ccsc1)C1CC1. The van der Waals surface area contributed by atoms with Crippen LogP contribution in [0.4, 0.5) is 0 Å². The molecule has 1 aliphatic rings. The second-order valence-electron chi connectivity index (χ2n) is 5.34. The summed E-state index contributed by atoms with van der Waals surface area (Å²) >= 11 is 1.70. The van der Waals surface area contributed by atoms with Gasteiger partial charge in [0.2, 0.25) is 5.91 Å². The molecule has 1 amide bonds. The van der Waals surface area contributed by atoms with Gasteiger partial charge in [0.15, 0.2) is 0 Å². The van der Waals surface area contributed by atoms with Gasteiger partial charge < -0.3 is 10.6 Å². The Balaban J connectivity index is 1.73. The van der Waals surface area contributed by atoms with Crippen LogP contribution in [0.5, 0.6) is 0 Å². The van der Waals surface area contributed by atoms with E-state index in [0.717, 1.165) is 38.8 Å². The van der Waals surface area contributed by atoms with Crippen LogP contribution >= 0.6 is 11.3 Å². The predicted octanol–water partition coefficient (Wildman–Crippen LogP) is 3.15. The molecule has 1 heterocycles. The molecule has 106 valence electrons. The van der Waals surface area contributed by atoms with Crippen LogP contribution in [0, 0.1) is 0 Å². The Labute approximate surface area is 119 Å². The van der Waals surface area contributed by atoms with Gasteiger partial charge in [-0.25, -0.2) is 0 Å². The van der Waals surface area contributed by atoms with E-state index in [0.29, 0.717) is 18.4 Å². The summed E-state index contributed by atoms with van der Waals surface area (Å²) in [6.45, 7) is 1.57. The molecule has 1 fully saturated rings. The average Bonchev–Trinajstić information content (AvgIpc) is 3.12. The Kier molecular flexibility index (Phi) is 5.86. The zero-order valence-electron chi connectivity index (χ0n) is 11.5. The molecule has 1 aliphatic carbocycles. The molecule has 0 aliphatic heterocycles. The van der Waals surface area contributed by atoms with Gasteiger partial charge in [-0.2, -0.15) is 11.3 Å². The molecule has 0 unspecified atom stereocenters. The Morgan fingerprint density at radius 2 is 2.11 bits per heavy atom. The molecule has 19 heavy (non-hydrogen) atoms. The highest BCUT2D eigenvalue weighted by molar-refractivity contribution is 7.07. The largest absolute Gasteiger partial charge is 0.335 e. The van der Waals surface area contributed by atoms with E-state index in [1.54, 1.807) is 11.3 Å². The molecular weight excluding hydrogens is 256 g/mol. The molecular formula is C15H24N2OS. The van der Waals surface area contributed by atoms with Gasteiger partial charge in [-0.15, -0.1) is 0 Å². The first kappa shape index (κ1) is 14.5. The van der Waals surface area contributed by atoms with E-state index in [9.17, 15) is 4.79 Å². The highest BCUT2D eigenvalue weighted by Crippen LogP contribution is 2.29. The summed E-state index contributed by atoms with van der Waals surface area (Å²) in [7, 11) is 0. The summed E-state index contributed by atoms with van der Waals surface area (Å²) in [5.41, 5.74) is 6.74. The molecule has 0 aromatic carbocycles. The third-order valence-electron chi connectivity index (χ3n) is 3.59.